The summed E-state index contributed by atoms with van der Waals surface area (Å²) in [7, 11) is 0. The molecule has 0 bridgehead atoms. The lowest BCUT2D eigenvalue weighted by atomic mass is 10.3. The largest absolute Gasteiger partial charge is 0.351 e. The molecule has 0 radical (unpaired) electrons. The van der Waals surface area contributed by atoms with Crippen molar-refractivity contribution < 1.29 is 19.1 Å². The average molecular weight is 258 g/mol. The maximum absolute atomic E-state index is 11.9. The molecule has 1 fully saturated rings. The number of carbonyl (C=O) groups is 2. The van der Waals surface area contributed by atoms with E-state index in [1.807, 2.05) is 20.8 Å². The van der Waals surface area contributed by atoms with Crippen LogP contribution in [0.3, 0.4) is 0 Å². The Morgan fingerprint density at radius 2 is 1.50 bits per heavy atom. The molecule has 0 aliphatic carbocycles. The number of carbonyl (C=O) groups excluding carboxylic acids is 2. The molecule has 1 rings (SSSR count). The van der Waals surface area contributed by atoms with Gasteiger partial charge in [-0.3, -0.25) is 9.59 Å². The molecule has 6 heteroatoms. The first-order chi connectivity index (χ1) is 8.62. The number of rotatable bonds is 7. The van der Waals surface area contributed by atoms with Gasteiger partial charge in [0.15, 0.2) is 6.29 Å². The second-order valence-corrected chi connectivity index (χ2v) is 4.02. The van der Waals surface area contributed by atoms with Crippen LogP contribution in [-0.4, -0.2) is 67.3 Å². The van der Waals surface area contributed by atoms with Crippen molar-refractivity contribution in [3.05, 3.63) is 0 Å². The first-order valence-corrected chi connectivity index (χ1v) is 6.41. The molecular formula is C12H22N2O4. The van der Waals surface area contributed by atoms with E-state index >= 15 is 0 Å². The summed E-state index contributed by atoms with van der Waals surface area (Å²) in [6.07, 6.45) is -0.454. The fourth-order valence-corrected chi connectivity index (χ4v) is 1.86. The minimum atomic E-state index is -0.454. The van der Waals surface area contributed by atoms with E-state index in [-0.39, 0.29) is 24.9 Å². The third kappa shape index (κ3) is 3.96. The summed E-state index contributed by atoms with van der Waals surface area (Å²) in [6, 6.07) is 0. The second-order valence-electron chi connectivity index (χ2n) is 4.02. The van der Waals surface area contributed by atoms with Crippen LogP contribution in [0.1, 0.15) is 20.8 Å². The van der Waals surface area contributed by atoms with E-state index in [1.54, 1.807) is 4.90 Å². The smallest absolute Gasteiger partial charge is 0.242 e. The third-order valence-corrected chi connectivity index (χ3v) is 2.81. The maximum atomic E-state index is 11.9. The highest BCUT2D eigenvalue weighted by Crippen LogP contribution is 2.07. The van der Waals surface area contributed by atoms with Crippen LogP contribution < -0.4 is 0 Å². The summed E-state index contributed by atoms with van der Waals surface area (Å²) in [5.74, 6) is -0.0790. The highest BCUT2D eigenvalue weighted by molar-refractivity contribution is 5.92. The van der Waals surface area contributed by atoms with E-state index in [2.05, 4.69) is 0 Å². The molecule has 104 valence electrons. The summed E-state index contributed by atoms with van der Waals surface area (Å²) < 4.78 is 10.8. The van der Waals surface area contributed by atoms with Gasteiger partial charge in [0, 0.05) is 19.8 Å². The Labute approximate surface area is 108 Å². The highest BCUT2D eigenvalue weighted by atomic mass is 16.7. The predicted octanol–water partition coefficient (Wildman–Crippen LogP) is 0.0762. The van der Waals surface area contributed by atoms with E-state index in [4.69, 9.17) is 9.47 Å². The van der Waals surface area contributed by atoms with Gasteiger partial charge in [-0.25, -0.2) is 0 Å². The van der Waals surface area contributed by atoms with Crippen LogP contribution in [-0.2, 0) is 19.1 Å². The Balaban J connectivity index is 2.55. The molecule has 0 aromatic heterocycles. The highest BCUT2D eigenvalue weighted by Gasteiger charge is 2.30. The molecule has 6 nitrogen and oxygen atoms in total. The van der Waals surface area contributed by atoms with Crippen LogP contribution in [0.5, 0.6) is 0 Å². The maximum Gasteiger partial charge on any atom is 0.242 e. The normalized spacial score (nSPS) is 16.9. The molecule has 1 saturated heterocycles. The van der Waals surface area contributed by atoms with Gasteiger partial charge in [-0.15, -0.1) is 0 Å². The minimum absolute atomic E-state index is 0.0242. The van der Waals surface area contributed by atoms with E-state index in [1.165, 1.54) is 4.90 Å². The Morgan fingerprint density at radius 3 is 2.00 bits per heavy atom. The third-order valence-electron chi connectivity index (χ3n) is 2.81. The van der Waals surface area contributed by atoms with Crippen molar-refractivity contribution in [1.29, 1.82) is 0 Å². The minimum Gasteiger partial charge on any atom is -0.351 e. The quantitative estimate of drug-likeness (QED) is 0.607. The number of hydrogen-bond acceptors (Lipinski definition) is 4. The van der Waals surface area contributed by atoms with Crippen LogP contribution in [0.25, 0.3) is 0 Å². The molecular weight excluding hydrogens is 236 g/mol. The van der Waals surface area contributed by atoms with E-state index < -0.39 is 6.29 Å². The SMILES string of the molecule is CCOC(CN1CC(=O)N(CC)CC1=O)OCC. The van der Waals surface area contributed by atoms with Gasteiger partial charge in [0.2, 0.25) is 11.8 Å². The molecule has 1 heterocycles. The van der Waals surface area contributed by atoms with Crippen molar-refractivity contribution in [3.63, 3.8) is 0 Å². The van der Waals surface area contributed by atoms with Gasteiger partial charge in [-0.2, -0.15) is 0 Å². The Bertz CT molecular complexity index is 290. The van der Waals surface area contributed by atoms with Crippen LogP contribution in [0, 0.1) is 0 Å². The van der Waals surface area contributed by atoms with Crippen LogP contribution >= 0.6 is 0 Å². The van der Waals surface area contributed by atoms with Gasteiger partial charge in [-0.05, 0) is 20.8 Å². The zero-order valence-corrected chi connectivity index (χ0v) is 11.3. The van der Waals surface area contributed by atoms with Gasteiger partial charge < -0.3 is 19.3 Å². The fraction of sp³-hybridized carbons (Fsp3) is 0.833. The first kappa shape index (κ1) is 14.9. The summed E-state index contributed by atoms with van der Waals surface area (Å²) in [4.78, 5) is 26.7. The number of amides is 2. The fourth-order valence-electron chi connectivity index (χ4n) is 1.86. The summed E-state index contributed by atoms with van der Waals surface area (Å²) in [5.41, 5.74) is 0. The average Bonchev–Trinajstić information content (AvgIpc) is 2.34. The van der Waals surface area contributed by atoms with E-state index in [9.17, 15) is 9.59 Å². The van der Waals surface area contributed by atoms with Crippen molar-refractivity contribution in [2.75, 3.05) is 39.4 Å². The van der Waals surface area contributed by atoms with Crippen LogP contribution in [0.2, 0.25) is 0 Å². The Morgan fingerprint density at radius 1 is 1.00 bits per heavy atom. The Hall–Kier alpha value is -1.14. The number of likely N-dealkylation sites (N-methyl/N-ethyl adjacent to an activating group) is 1. The van der Waals surface area contributed by atoms with Crippen molar-refractivity contribution in [1.82, 2.24) is 9.80 Å². The molecule has 0 N–H and O–H groups in total. The molecule has 0 aromatic rings. The van der Waals surface area contributed by atoms with Crippen molar-refractivity contribution in [2.24, 2.45) is 0 Å². The molecule has 0 unspecified atom stereocenters. The molecule has 2 amide bonds. The zero-order valence-electron chi connectivity index (χ0n) is 11.3. The predicted molar refractivity (Wildman–Crippen MR) is 65.9 cm³/mol. The number of piperazine rings is 1. The van der Waals surface area contributed by atoms with Gasteiger partial charge >= 0.3 is 0 Å². The number of hydrogen-bond donors (Lipinski definition) is 0. The van der Waals surface area contributed by atoms with Gasteiger partial charge in [0.1, 0.15) is 0 Å². The monoisotopic (exact) mass is 258 g/mol. The van der Waals surface area contributed by atoms with Crippen LogP contribution in [0.15, 0.2) is 0 Å². The molecule has 0 saturated carbocycles. The molecule has 1 aliphatic rings. The standard InChI is InChI=1S/C12H22N2O4/c1-4-13-7-11(16)14(8-10(13)15)9-12(17-5-2)18-6-3/h12H,4-9H2,1-3H3. The van der Waals surface area contributed by atoms with Gasteiger partial charge in [0.25, 0.3) is 0 Å². The van der Waals surface area contributed by atoms with Crippen molar-refractivity contribution in [2.45, 2.75) is 27.1 Å². The Kier molecular flexibility index (Phi) is 6.07. The second kappa shape index (κ2) is 7.33. The van der Waals surface area contributed by atoms with Crippen molar-refractivity contribution in [3.8, 4) is 0 Å². The van der Waals surface area contributed by atoms with Gasteiger partial charge in [0.05, 0.1) is 19.6 Å². The lowest BCUT2D eigenvalue weighted by molar-refractivity contribution is -0.167. The number of nitrogens with zero attached hydrogens (tertiary/aromatic N) is 2. The van der Waals surface area contributed by atoms with Gasteiger partial charge in [-0.1, -0.05) is 0 Å². The lowest BCUT2D eigenvalue weighted by Crippen LogP contribution is -2.55. The van der Waals surface area contributed by atoms with E-state index in [0.29, 0.717) is 26.3 Å². The van der Waals surface area contributed by atoms with Crippen molar-refractivity contribution >= 4 is 11.8 Å². The summed E-state index contributed by atoms with van der Waals surface area (Å²) in [6.45, 7) is 7.78. The van der Waals surface area contributed by atoms with Crippen LogP contribution in [0.4, 0.5) is 0 Å². The molecule has 0 aromatic carbocycles. The summed E-state index contributed by atoms with van der Waals surface area (Å²) in [5, 5.41) is 0. The topological polar surface area (TPSA) is 59.1 Å². The molecule has 0 atom stereocenters. The first-order valence-electron chi connectivity index (χ1n) is 6.41. The summed E-state index contributed by atoms with van der Waals surface area (Å²) >= 11 is 0. The molecule has 0 spiro atoms. The molecule has 18 heavy (non-hydrogen) atoms. The van der Waals surface area contributed by atoms with E-state index in [0.717, 1.165) is 0 Å². The zero-order chi connectivity index (χ0) is 13.5. The number of ether oxygens (including phenoxy) is 2. The lowest BCUT2D eigenvalue weighted by Gasteiger charge is -2.34. The molecule has 1 aliphatic heterocycles.